The number of halogens is 3. The summed E-state index contributed by atoms with van der Waals surface area (Å²) in [5, 5.41) is 0. The van der Waals surface area contributed by atoms with Gasteiger partial charge in [0.15, 0.2) is 0 Å². The highest BCUT2D eigenvalue weighted by Crippen LogP contribution is 2.29. The third-order valence-electron chi connectivity index (χ3n) is 4.39. The van der Waals surface area contributed by atoms with E-state index in [9.17, 15) is 27.6 Å². The molecule has 0 aliphatic rings. The van der Waals surface area contributed by atoms with Crippen LogP contribution in [-0.2, 0) is 27.0 Å². The van der Waals surface area contributed by atoms with Crippen molar-refractivity contribution in [3.63, 3.8) is 0 Å². The molecule has 168 valence electrons. The minimum absolute atomic E-state index is 0.0993. The van der Waals surface area contributed by atoms with Gasteiger partial charge in [0.25, 0.3) is 5.56 Å². The molecule has 1 amide bonds. The van der Waals surface area contributed by atoms with Crippen LogP contribution < -0.4 is 14.8 Å². The minimum Gasteiger partial charge on any atom is -0.463 e. The van der Waals surface area contributed by atoms with Gasteiger partial charge in [-0.2, -0.15) is 13.2 Å². The number of ether oxygens (including phenoxy) is 1. The molecule has 0 N–H and O–H groups in total. The summed E-state index contributed by atoms with van der Waals surface area (Å²) in [6, 6.07) is 4.55. The lowest BCUT2D eigenvalue weighted by Crippen LogP contribution is -2.40. The number of nitrogens with zero attached hydrogens (tertiary/aromatic N) is 2. The maximum absolute atomic E-state index is 13.0. The topological polar surface area (TPSA) is 68.6 Å². The van der Waals surface area contributed by atoms with Crippen LogP contribution in [0.2, 0.25) is 0 Å². The molecule has 0 aliphatic carbocycles. The molecule has 0 saturated carbocycles. The SMILES string of the molecule is CCOC(=O)/C=c1/s/c(=C\c2cccc(C(F)(F)F)c2)c(=O)n1CC(=O)N(CC)CC. The van der Waals surface area contributed by atoms with E-state index in [1.165, 1.54) is 23.1 Å². The van der Waals surface area contributed by atoms with E-state index in [1.54, 1.807) is 20.8 Å². The van der Waals surface area contributed by atoms with Crippen LogP contribution in [0.3, 0.4) is 0 Å². The molecule has 0 spiro atoms. The fourth-order valence-electron chi connectivity index (χ4n) is 2.85. The number of benzene rings is 1. The van der Waals surface area contributed by atoms with Crippen LogP contribution in [0.5, 0.6) is 0 Å². The van der Waals surface area contributed by atoms with E-state index in [4.69, 9.17) is 4.74 Å². The van der Waals surface area contributed by atoms with Crippen LogP contribution in [-0.4, -0.2) is 41.0 Å². The van der Waals surface area contributed by atoms with Crippen molar-refractivity contribution in [1.82, 2.24) is 9.47 Å². The lowest BCUT2D eigenvalue weighted by Gasteiger charge is -2.18. The van der Waals surface area contributed by atoms with Crippen molar-refractivity contribution in [2.45, 2.75) is 33.5 Å². The largest absolute Gasteiger partial charge is 0.463 e. The summed E-state index contributed by atoms with van der Waals surface area (Å²) in [4.78, 5) is 38.9. The van der Waals surface area contributed by atoms with Gasteiger partial charge in [0.05, 0.1) is 22.8 Å². The Morgan fingerprint density at radius 3 is 2.45 bits per heavy atom. The quantitative estimate of drug-likeness (QED) is 0.598. The van der Waals surface area contributed by atoms with Gasteiger partial charge in [-0.1, -0.05) is 12.1 Å². The molecule has 0 bridgehead atoms. The van der Waals surface area contributed by atoms with E-state index in [2.05, 4.69) is 0 Å². The lowest BCUT2D eigenvalue weighted by molar-refractivity contribution is -0.137. The Morgan fingerprint density at radius 2 is 1.87 bits per heavy atom. The van der Waals surface area contributed by atoms with Crippen LogP contribution >= 0.6 is 11.3 Å². The molecule has 2 aromatic rings. The lowest BCUT2D eigenvalue weighted by atomic mass is 10.1. The predicted octanol–water partition coefficient (Wildman–Crippen LogP) is 1.97. The Balaban J connectivity index is 2.62. The summed E-state index contributed by atoms with van der Waals surface area (Å²) in [5.41, 5.74) is -1.23. The van der Waals surface area contributed by atoms with Gasteiger partial charge >= 0.3 is 12.1 Å². The molecule has 2 rings (SSSR count). The summed E-state index contributed by atoms with van der Waals surface area (Å²) in [7, 11) is 0. The Bertz CT molecular complexity index is 1110. The normalized spacial score (nSPS) is 12.8. The number of hydrogen-bond donors (Lipinski definition) is 0. The van der Waals surface area contributed by atoms with Crippen molar-refractivity contribution in [3.05, 3.63) is 54.9 Å². The Kier molecular flexibility index (Phi) is 8.21. The van der Waals surface area contributed by atoms with Crippen LogP contribution in [0.4, 0.5) is 13.2 Å². The summed E-state index contributed by atoms with van der Waals surface area (Å²) in [6.07, 6.45) is -2.10. The molecular formula is C21H23F3N2O4S. The number of alkyl halides is 3. The van der Waals surface area contributed by atoms with Gasteiger partial charge in [-0.3, -0.25) is 14.2 Å². The van der Waals surface area contributed by atoms with Gasteiger partial charge in [-0.25, -0.2) is 4.79 Å². The molecule has 10 heteroatoms. The molecular weight excluding hydrogens is 433 g/mol. The molecule has 0 saturated heterocycles. The summed E-state index contributed by atoms with van der Waals surface area (Å²) >= 11 is 0.904. The van der Waals surface area contributed by atoms with Crippen molar-refractivity contribution in [2.24, 2.45) is 0 Å². The van der Waals surface area contributed by atoms with Crippen molar-refractivity contribution in [1.29, 1.82) is 0 Å². The van der Waals surface area contributed by atoms with Crippen molar-refractivity contribution < 1.29 is 27.5 Å². The molecule has 0 fully saturated rings. The zero-order valence-corrected chi connectivity index (χ0v) is 18.2. The second-order valence-electron chi connectivity index (χ2n) is 6.43. The van der Waals surface area contributed by atoms with Gasteiger partial charge in [0, 0.05) is 13.1 Å². The molecule has 1 heterocycles. The van der Waals surface area contributed by atoms with E-state index in [0.29, 0.717) is 13.1 Å². The van der Waals surface area contributed by atoms with E-state index >= 15 is 0 Å². The van der Waals surface area contributed by atoms with Crippen LogP contribution in [0, 0.1) is 0 Å². The van der Waals surface area contributed by atoms with Crippen molar-refractivity contribution >= 4 is 35.4 Å². The van der Waals surface area contributed by atoms with Gasteiger partial charge in [0.1, 0.15) is 11.2 Å². The maximum atomic E-state index is 13.0. The van der Waals surface area contributed by atoms with Crippen LogP contribution in [0.15, 0.2) is 29.1 Å². The number of carbonyl (C=O) groups is 2. The monoisotopic (exact) mass is 456 g/mol. The maximum Gasteiger partial charge on any atom is 0.416 e. The highest BCUT2D eigenvalue weighted by molar-refractivity contribution is 7.07. The molecule has 1 aromatic heterocycles. The number of thiazole rings is 1. The fraction of sp³-hybridized carbons (Fsp3) is 0.381. The second kappa shape index (κ2) is 10.4. The Morgan fingerprint density at radius 1 is 1.19 bits per heavy atom. The van der Waals surface area contributed by atoms with E-state index in [1.807, 2.05) is 0 Å². The van der Waals surface area contributed by atoms with Gasteiger partial charge in [-0.15, -0.1) is 11.3 Å². The minimum atomic E-state index is -4.52. The smallest absolute Gasteiger partial charge is 0.416 e. The molecule has 0 unspecified atom stereocenters. The number of hydrogen-bond acceptors (Lipinski definition) is 5. The van der Waals surface area contributed by atoms with E-state index < -0.39 is 23.3 Å². The molecule has 31 heavy (non-hydrogen) atoms. The average molecular weight is 456 g/mol. The number of esters is 1. The third kappa shape index (κ3) is 6.30. The number of carbonyl (C=O) groups excluding carboxylic acids is 2. The van der Waals surface area contributed by atoms with Crippen molar-refractivity contribution in [3.8, 4) is 0 Å². The molecule has 0 aliphatic heterocycles. The Labute approximate surface area is 180 Å². The van der Waals surface area contributed by atoms with E-state index in [-0.39, 0.29) is 33.8 Å². The first-order valence-corrected chi connectivity index (χ1v) is 10.5. The number of likely N-dealkylation sites (N-methyl/N-ethyl adjacent to an activating group) is 1. The Hall–Kier alpha value is -2.88. The molecule has 0 atom stereocenters. The highest BCUT2D eigenvalue weighted by atomic mass is 32.1. The summed E-state index contributed by atoms with van der Waals surface area (Å²) in [5.74, 6) is -0.993. The zero-order chi connectivity index (χ0) is 23.2. The van der Waals surface area contributed by atoms with Crippen LogP contribution in [0.1, 0.15) is 31.9 Å². The van der Waals surface area contributed by atoms with Gasteiger partial charge in [0.2, 0.25) is 5.91 Å². The third-order valence-corrected chi connectivity index (χ3v) is 5.45. The first kappa shape index (κ1) is 24.4. The van der Waals surface area contributed by atoms with Crippen LogP contribution in [0.25, 0.3) is 12.2 Å². The molecule has 0 radical (unpaired) electrons. The fourth-order valence-corrected chi connectivity index (χ4v) is 3.88. The van der Waals surface area contributed by atoms with Gasteiger partial charge < -0.3 is 9.64 Å². The van der Waals surface area contributed by atoms with E-state index in [0.717, 1.165) is 34.1 Å². The number of aromatic nitrogens is 1. The first-order chi connectivity index (χ1) is 14.6. The predicted molar refractivity (Wildman–Crippen MR) is 112 cm³/mol. The molecule has 1 aromatic carbocycles. The second-order valence-corrected chi connectivity index (χ2v) is 7.49. The number of rotatable bonds is 7. The summed E-state index contributed by atoms with van der Waals surface area (Å²) in [6.45, 7) is 5.98. The average Bonchev–Trinajstić information content (AvgIpc) is 2.97. The summed E-state index contributed by atoms with van der Waals surface area (Å²) < 4.78 is 45.2. The van der Waals surface area contributed by atoms with Crippen molar-refractivity contribution in [2.75, 3.05) is 19.7 Å². The number of amides is 1. The molecule has 6 nitrogen and oxygen atoms in total. The van der Waals surface area contributed by atoms with Gasteiger partial charge in [-0.05, 0) is 44.5 Å². The first-order valence-electron chi connectivity index (χ1n) is 9.65. The standard InChI is InChI=1S/C21H23F3N2O4S/c1-4-25(5-2)17(27)13-26-18(12-19(28)30-6-3)31-16(20(26)29)11-14-8-7-9-15(10-14)21(22,23)24/h7-12H,4-6,13H2,1-3H3/b16-11-,18-12+. The zero-order valence-electron chi connectivity index (χ0n) is 17.4. The highest BCUT2D eigenvalue weighted by Gasteiger charge is 2.30.